The van der Waals surface area contributed by atoms with Gasteiger partial charge in [0, 0.05) is 12.1 Å². The van der Waals surface area contributed by atoms with Gasteiger partial charge in [0.05, 0.1) is 23.9 Å². The lowest BCUT2D eigenvalue weighted by atomic mass is 10.1. The monoisotopic (exact) mass is 495 g/mol. The molecule has 0 aliphatic carbocycles. The molecule has 0 radical (unpaired) electrons. The Balaban J connectivity index is 1.63. The number of nitrogens with zero attached hydrogens (tertiary/aromatic N) is 2. The second-order valence-electron chi connectivity index (χ2n) is 7.25. The molecule has 4 aromatic rings. The minimum Gasteiger partial charge on any atom is -0.503 e. The van der Waals surface area contributed by atoms with E-state index < -0.39 is 34.9 Å². The summed E-state index contributed by atoms with van der Waals surface area (Å²) in [5, 5.41) is 16.0. The number of anilines is 1. The second kappa shape index (κ2) is 9.20. The van der Waals surface area contributed by atoms with Crippen molar-refractivity contribution in [2.75, 3.05) is 12.4 Å². The van der Waals surface area contributed by atoms with Gasteiger partial charge in [-0.1, -0.05) is 11.2 Å². The lowest BCUT2D eigenvalue weighted by Crippen LogP contribution is -2.12. The highest BCUT2D eigenvalue weighted by molar-refractivity contribution is 5.69. The summed E-state index contributed by atoms with van der Waals surface area (Å²) in [6, 6.07) is 8.69. The SMILES string of the molecule is COc1ccc(-c2noc(-c3ccc(F)c(O)c3F)n2)cc1NCc1ccc(F)cc1C(F)(F)F. The molecule has 0 bridgehead atoms. The lowest BCUT2D eigenvalue weighted by Gasteiger charge is -2.16. The first-order valence-corrected chi connectivity index (χ1v) is 9.87. The van der Waals surface area contributed by atoms with E-state index in [9.17, 15) is 31.4 Å². The zero-order valence-electron chi connectivity index (χ0n) is 17.8. The Morgan fingerprint density at radius 2 is 1.80 bits per heavy atom. The van der Waals surface area contributed by atoms with Crippen molar-refractivity contribution < 1.29 is 40.7 Å². The van der Waals surface area contributed by atoms with Gasteiger partial charge in [-0.2, -0.15) is 18.2 Å². The van der Waals surface area contributed by atoms with Crippen LogP contribution in [0.2, 0.25) is 0 Å². The number of aromatic nitrogens is 2. The molecule has 0 saturated heterocycles. The third kappa shape index (κ3) is 4.86. The van der Waals surface area contributed by atoms with E-state index in [1.54, 1.807) is 0 Å². The maximum atomic E-state index is 14.2. The number of benzene rings is 3. The summed E-state index contributed by atoms with van der Waals surface area (Å²) in [5.41, 5.74) is -1.05. The molecule has 0 saturated carbocycles. The van der Waals surface area contributed by atoms with E-state index in [0.29, 0.717) is 11.6 Å². The number of phenolic OH excluding ortho intramolecular Hbond substituents is 1. The Bertz CT molecular complexity index is 1390. The first-order chi connectivity index (χ1) is 16.6. The third-order valence-electron chi connectivity index (χ3n) is 5.03. The number of alkyl halides is 3. The largest absolute Gasteiger partial charge is 0.503 e. The van der Waals surface area contributed by atoms with Gasteiger partial charge in [-0.15, -0.1) is 0 Å². The molecule has 0 fully saturated rings. The molecular formula is C23H15F6N3O3. The predicted molar refractivity (Wildman–Crippen MR) is 112 cm³/mol. The van der Waals surface area contributed by atoms with Crippen molar-refractivity contribution >= 4 is 5.69 Å². The van der Waals surface area contributed by atoms with Gasteiger partial charge in [-0.25, -0.2) is 13.2 Å². The van der Waals surface area contributed by atoms with Crippen LogP contribution in [-0.4, -0.2) is 22.4 Å². The highest BCUT2D eigenvalue weighted by Crippen LogP contribution is 2.35. The van der Waals surface area contributed by atoms with E-state index >= 15 is 0 Å². The van der Waals surface area contributed by atoms with Crippen LogP contribution in [0.25, 0.3) is 22.8 Å². The molecule has 4 rings (SSSR count). The summed E-state index contributed by atoms with van der Waals surface area (Å²) >= 11 is 0. The van der Waals surface area contributed by atoms with Gasteiger partial charge < -0.3 is 19.7 Å². The average Bonchev–Trinajstić information content (AvgIpc) is 3.31. The molecule has 0 atom stereocenters. The van der Waals surface area contributed by atoms with E-state index in [2.05, 4.69) is 15.5 Å². The maximum absolute atomic E-state index is 14.2. The highest BCUT2D eigenvalue weighted by atomic mass is 19.4. The topological polar surface area (TPSA) is 80.4 Å². The van der Waals surface area contributed by atoms with Crippen molar-refractivity contribution in [2.45, 2.75) is 12.7 Å². The number of phenols is 1. The smallest absolute Gasteiger partial charge is 0.416 e. The van der Waals surface area contributed by atoms with Crippen LogP contribution in [0.15, 0.2) is 53.1 Å². The lowest BCUT2D eigenvalue weighted by molar-refractivity contribution is -0.138. The van der Waals surface area contributed by atoms with Crippen molar-refractivity contribution in [2.24, 2.45) is 0 Å². The summed E-state index contributed by atoms with van der Waals surface area (Å²) in [6.07, 6.45) is -4.75. The zero-order valence-corrected chi connectivity index (χ0v) is 17.8. The molecule has 0 aliphatic heterocycles. The Morgan fingerprint density at radius 1 is 1.03 bits per heavy atom. The first-order valence-electron chi connectivity index (χ1n) is 9.87. The molecule has 0 amide bonds. The number of hydrogen-bond donors (Lipinski definition) is 2. The van der Waals surface area contributed by atoms with Crippen LogP contribution < -0.4 is 10.1 Å². The van der Waals surface area contributed by atoms with Crippen molar-refractivity contribution in [3.8, 4) is 34.3 Å². The molecule has 2 N–H and O–H groups in total. The molecule has 35 heavy (non-hydrogen) atoms. The predicted octanol–water partition coefficient (Wildman–Crippen LogP) is 6.17. The molecule has 0 aliphatic rings. The van der Waals surface area contributed by atoms with Gasteiger partial charge >= 0.3 is 6.18 Å². The summed E-state index contributed by atoms with van der Waals surface area (Å²) in [7, 11) is 1.36. The molecule has 6 nitrogen and oxygen atoms in total. The average molecular weight is 495 g/mol. The Labute approximate surface area is 193 Å². The number of halogens is 6. The maximum Gasteiger partial charge on any atom is 0.416 e. The number of ether oxygens (including phenoxy) is 1. The molecule has 12 heteroatoms. The minimum absolute atomic E-state index is 0.0216. The summed E-state index contributed by atoms with van der Waals surface area (Å²) in [4.78, 5) is 4.04. The second-order valence-corrected chi connectivity index (χ2v) is 7.25. The van der Waals surface area contributed by atoms with Crippen molar-refractivity contribution in [1.29, 1.82) is 0 Å². The van der Waals surface area contributed by atoms with Gasteiger partial charge in [-0.3, -0.25) is 0 Å². The molecule has 1 aromatic heterocycles. The zero-order chi connectivity index (χ0) is 25.3. The van der Waals surface area contributed by atoms with Crippen LogP contribution in [0.4, 0.5) is 32.0 Å². The molecule has 0 spiro atoms. The number of methoxy groups -OCH3 is 1. The van der Waals surface area contributed by atoms with E-state index in [1.165, 1.54) is 25.3 Å². The standard InChI is InChI=1S/C23H15F6N3O3/c1-34-18-7-3-11(21-31-22(35-32-21)14-5-6-16(25)20(33)19(14)26)8-17(18)30-10-12-2-4-13(24)9-15(12)23(27,28)29/h2-9,30,33H,10H2,1H3. The van der Waals surface area contributed by atoms with E-state index in [4.69, 9.17) is 9.26 Å². The van der Waals surface area contributed by atoms with E-state index in [-0.39, 0.29) is 40.8 Å². The fourth-order valence-corrected chi connectivity index (χ4v) is 3.30. The van der Waals surface area contributed by atoms with Gasteiger partial charge in [-0.05, 0) is 48.0 Å². The summed E-state index contributed by atoms with van der Waals surface area (Å²) < 4.78 is 91.0. The van der Waals surface area contributed by atoms with Crippen LogP contribution in [-0.2, 0) is 12.7 Å². The van der Waals surface area contributed by atoms with Gasteiger partial charge in [0.15, 0.2) is 17.4 Å². The quantitative estimate of drug-likeness (QED) is 0.312. The Hall–Kier alpha value is -4.22. The first kappa shape index (κ1) is 23.9. The van der Waals surface area contributed by atoms with Crippen LogP contribution >= 0.6 is 0 Å². The van der Waals surface area contributed by atoms with Gasteiger partial charge in [0.25, 0.3) is 5.89 Å². The third-order valence-corrected chi connectivity index (χ3v) is 5.03. The summed E-state index contributed by atoms with van der Waals surface area (Å²) in [5.74, 6) is -4.73. The number of rotatable bonds is 6. The minimum atomic E-state index is -4.75. The van der Waals surface area contributed by atoms with E-state index in [0.717, 1.165) is 24.3 Å². The molecule has 1 heterocycles. The van der Waals surface area contributed by atoms with Crippen molar-refractivity contribution in [1.82, 2.24) is 10.1 Å². The van der Waals surface area contributed by atoms with Crippen LogP contribution in [0.3, 0.4) is 0 Å². The fraction of sp³-hybridized carbons (Fsp3) is 0.130. The fourth-order valence-electron chi connectivity index (χ4n) is 3.30. The molecule has 3 aromatic carbocycles. The van der Waals surface area contributed by atoms with Crippen molar-refractivity contribution in [3.63, 3.8) is 0 Å². The van der Waals surface area contributed by atoms with Crippen LogP contribution in [0.5, 0.6) is 11.5 Å². The van der Waals surface area contributed by atoms with Crippen LogP contribution in [0.1, 0.15) is 11.1 Å². The molecule has 0 unspecified atom stereocenters. The van der Waals surface area contributed by atoms with Crippen molar-refractivity contribution in [3.05, 3.63) is 77.1 Å². The Morgan fingerprint density at radius 3 is 2.51 bits per heavy atom. The Kier molecular flexibility index (Phi) is 6.29. The van der Waals surface area contributed by atoms with Gasteiger partial charge in [0.1, 0.15) is 11.6 Å². The number of hydrogen-bond acceptors (Lipinski definition) is 6. The number of nitrogens with one attached hydrogen (secondary N) is 1. The molecular weight excluding hydrogens is 480 g/mol. The number of aromatic hydroxyl groups is 1. The molecule has 182 valence electrons. The van der Waals surface area contributed by atoms with Gasteiger partial charge in [0.2, 0.25) is 5.82 Å². The van der Waals surface area contributed by atoms with Crippen LogP contribution in [0, 0.1) is 17.5 Å². The summed E-state index contributed by atoms with van der Waals surface area (Å²) in [6.45, 7) is -0.313. The van der Waals surface area contributed by atoms with E-state index in [1.807, 2.05) is 0 Å². The normalized spacial score (nSPS) is 11.5. The highest BCUT2D eigenvalue weighted by Gasteiger charge is 2.33.